The number of thiophene rings is 1. The van der Waals surface area contributed by atoms with Crippen molar-refractivity contribution in [1.29, 1.82) is 0 Å². The molecule has 29 heavy (non-hydrogen) atoms. The molecule has 1 atom stereocenters. The average Bonchev–Trinajstić information content (AvgIpc) is 3.02. The Hall–Kier alpha value is -1.53. The van der Waals surface area contributed by atoms with Crippen LogP contribution in [0.5, 0.6) is 0 Å². The Morgan fingerprint density at radius 3 is 2.66 bits per heavy atom. The summed E-state index contributed by atoms with van der Waals surface area (Å²) in [6.07, 6.45) is 2.25. The first-order valence-electron chi connectivity index (χ1n) is 10.4. The Balaban J connectivity index is 2.22. The van der Waals surface area contributed by atoms with Crippen LogP contribution in [0.2, 0.25) is 0 Å². The zero-order valence-electron chi connectivity index (χ0n) is 18.2. The molecule has 158 valence electrons. The van der Waals surface area contributed by atoms with E-state index in [4.69, 9.17) is 4.74 Å². The second-order valence-corrected chi connectivity index (χ2v) is 11.1. The largest absolute Gasteiger partial charge is 0.463 e. The molecule has 6 heteroatoms. The minimum Gasteiger partial charge on any atom is -0.463 e. The van der Waals surface area contributed by atoms with Crippen LogP contribution < -0.4 is 5.32 Å². The molecule has 2 heterocycles. The fourth-order valence-electron chi connectivity index (χ4n) is 4.29. The van der Waals surface area contributed by atoms with Crippen LogP contribution in [-0.2, 0) is 20.7 Å². The zero-order valence-corrected chi connectivity index (χ0v) is 19.9. The summed E-state index contributed by atoms with van der Waals surface area (Å²) in [4.78, 5) is 27.6. The first-order valence-corrected chi connectivity index (χ1v) is 12.2. The molecule has 0 saturated carbocycles. The fourth-order valence-corrected chi connectivity index (χ4v) is 6.66. The number of allylic oxidation sites excluding steroid dienone is 3. The van der Waals surface area contributed by atoms with E-state index >= 15 is 0 Å². The van der Waals surface area contributed by atoms with E-state index in [0.717, 1.165) is 41.1 Å². The third-order valence-corrected chi connectivity index (χ3v) is 7.93. The molecule has 0 aromatic carbocycles. The Morgan fingerprint density at radius 1 is 1.31 bits per heavy atom. The smallest absolute Gasteiger partial charge is 0.336 e. The normalized spacial score (nSPS) is 21.2. The number of carbonyl (C=O) groups excluding carboxylic acids is 2. The molecule has 1 N–H and O–H groups in total. The summed E-state index contributed by atoms with van der Waals surface area (Å²) in [5.41, 5.74) is 4.11. The van der Waals surface area contributed by atoms with E-state index in [0.29, 0.717) is 18.6 Å². The van der Waals surface area contributed by atoms with Crippen LogP contribution in [0.1, 0.15) is 70.7 Å². The third kappa shape index (κ3) is 4.33. The molecule has 0 amide bonds. The van der Waals surface area contributed by atoms with Gasteiger partial charge in [-0.15, -0.1) is 23.1 Å². The number of hydrogen-bond acceptors (Lipinski definition) is 6. The summed E-state index contributed by atoms with van der Waals surface area (Å²) in [5, 5.41) is 3.40. The highest BCUT2D eigenvalue weighted by atomic mass is 32.2. The number of ketones is 1. The van der Waals surface area contributed by atoms with Gasteiger partial charge >= 0.3 is 5.97 Å². The lowest BCUT2D eigenvalue weighted by molar-refractivity contribution is -0.138. The lowest BCUT2D eigenvalue weighted by atomic mass is 9.69. The number of nitrogens with one attached hydrogen (secondary N) is 1. The van der Waals surface area contributed by atoms with Crippen LogP contribution in [0.25, 0.3) is 0 Å². The molecule has 0 spiro atoms. The van der Waals surface area contributed by atoms with Crippen LogP contribution in [-0.4, -0.2) is 24.1 Å². The predicted molar refractivity (Wildman–Crippen MR) is 120 cm³/mol. The van der Waals surface area contributed by atoms with Gasteiger partial charge in [-0.2, -0.15) is 0 Å². The van der Waals surface area contributed by atoms with Gasteiger partial charge in [0.05, 0.1) is 22.3 Å². The van der Waals surface area contributed by atoms with E-state index in [1.54, 1.807) is 23.1 Å². The van der Waals surface area contributed by atoms with Gasteiger partial charge in [0.15, 0.2) is 5.78 Å². The number of hydrogen-bond donors (Lipinski definition) is 1. The average molecular weight is 434 g/mol. The van der Waals surface area contributed by atoms with Crippen molar-refractivity contribution < 1.29 is 14.3 Å². The molecule has 0 saturated heterocycles. The van der Waals surface area contributed by atoms with E-state index in [2.05, 4.69) is 39.1 Å². The van der Waals surface area contributed by atoms with Gasteiger partial charge in [0.1, 0.15) is 0 Å². The third-order valence-electron chi connectivity index (χ3n) is 5.45. The molecule has 1 aromatic rings. The van der Waals surface area contributed by atoms with Crippen molar-refractivity contribution in [3.8, 4) is 0 Å². The van der Waals surface area contributed by atoms with Gasteiger partial charge in [-0.05, 0) is 49.5 Å². The molecule has 0 radical (unpaired) electrons. The number of dihydropyridines is 1. The molecule has 0 fully saturated rings. The first-order chi connectivity index (χ1) is 13.7. The van der Waals surface area contributed by atoms with Crippen molar-refractivity contribution in [2.24, 2.45) is 5.41 Å². The second kappa shape index (κ2) is 8.68. The van der Waals surface area contributed by atoms with E-state index in [-0.39, 0.29) is 23.1 Å². The highest BCUT2D eigenvalue weighted by Gasteiger charge is 2.44. The zero-order chi connectivity index (χ0) is 21.3. The topological polar surface area (TPSA) is 55.4 Å². The quantitative estimate of drug-likeness (QED) is 0.468. The molecule has 2 aliphatic rings. The standard InChI is InChI=1S/C23H31NO3S2/c1-7-14-10-15(22(29-14)28-9-3)19-18(21(26)27-8-2)13(4)24-16-11-23(5,6)12-17(25)20(16)19/h10,19,24H,7-9,11-12H2,1-6H3/t19-/m1/s1. The van der Waals surface area contributed by atoms with Gasteiger partial charge in [-0.3, -0.25) is 4.79 Å². The molecular formula is C23H31NO3S2. The molecule has 0 bridgehead atoms. The van der Waals surface area contributed by atoms with Crippen molar-refractivity contribution >= 4 is 34.9 Å². The lowest BCUT2D eigenvalue weighted by Gasteiger charge is -2.39. The maximum atomic E-state index is 13.3. The molecule has 0 unspecified atom stereocenters. The highest BCUT2D eigenvalue weighted by Crippen LogP contribution is 2.50. The van der Waals surface area contributed by atoms with Crippen molar-refractivity contribution in [2.75, 3.05) is 12.4 Å². The molecule has 1 aromatic heterocycles. The number of aryl methyl sites for hydroxylation is 1. The predicted octanol–water partition coefficient (Wildman–Crippen LogP) is 5.59. The molecular weight excluding hydrogens is 402 g/mol. The Morgan fingerprint density at radius 2 is 2.03 bits per heavy atom. The van der Waals surface area contributed by atoms with Gasteiger partial charge in [-0.25, -0.2) is 4.79 Å². The second-order valence-electron chi connectivity index (χ2n) is 8.39. The number of carbonyl (C=O) groups is 2. The van der Waals surface area contributed by atoms with E-state index in [9.17, 15) is 9.59 Å². The number of rotatable bonds is 6. The molecule has 3 rings (SSSR count). The van der Waals surface area contributed by atoms with E-state index < -0.39 is 0 Å². The van der Waals surface area contributed by atoms with Crippen molar-refractivity contribution in [3.63, 3.8) is 0 Å². The van der Waals surface area contributed by atoms with Crippen molar-refractivity contribution in [2.45, 2.75) is 70.9 Å². The SMILES string of the molecule is CCOC(=O)C1=C(C)NC2=C(C(=O)CC(C)(C)C2)[C@@H]1c1cc(CC)sc1SCC. The summed E-state index contributed by atoms with van der Waals surface area (Å²) in [6, 6.07) is 2.20. The van der Waals surface area contributed by atoms with E-state index in [1.807, 2.05) is 13.8 Å². The van der Waals surface area contributed by atoms with Crippen LogP contribution >= 0.6 is 23.1 Å². The summed E-state index contributed by atoms with van der Waals surface area (Å²) < 4.78 is 6.62. The van der Waals surface area contributed by atoms with Crippen LogP contribution in [0.15, 0.2) is 32.8 Å². The van der Waals surface area contributed by atoms with Gasteiger partial charge in [0, 0.05) is 28.3 Å². The van der Waals surface area contributed by atoms with Crippen LogP contribution in [0.3, 0.4) is 0 Å². The highest BCUT2D eigenvalue weighted by molar-refractivity contribution is 8.01. The van der Waals surface area contributed by atoms with E-state index in [1.165, 1.54) is 9.09 Å². The fraction of sp³-hybridized carbons (Fsp3) is 0.565. The van der Waals surface area contributed by atoms with Crippen molar-refractivity contribution in [1.82, 2.24) is 5.32 Å². The van der Waals surface area contributed by atoms with Gasteiger partial charge in [0.25, 0.3) is 0 Å². The maximum Gasteiger partial charge on any atom is 0.336 e. The van der Waals surface area contributed by atoms with Gasteiger partial charge < -0.3 is 10.1 Å². The number of thioether (sulfide) groups is 1. The first kappa shape index (κ1) is 22.2. The maximum absolute atomic E-state index is 13.3. The summed E-state index contributed by atoms with van der Waals surface area (Å²) >= 11 is 3.57. The Labute approximate surface area is 182 Å². The summed E-state index contributed by atoms with van der Waals surface area (Å²) in [5.74, 6) is 0.411. The minimum absolute atomic E-state index is 0.0839. The molecule has 1 aliphatic carbocycles. The van der Waals surface area contributed by atoms with Crippen molar-refractivity contribution in [3.05, 3.63) is 39.0 Å². The van der Waals surface area contributed by atoms with Gasteiger partial charge in [0.2, 0.25) is 0 Å². The number of esters is 1. The Bertz CT molecular complexity index is 892. The molecule has 4 nitrogen and oxygen atoms in total. The minimum atomic E-state index is -0.348. The Kier molecular flexibility index (Phi) is 6.64. The van der Waals surface area contributed by atoms with Crippen LogP contribution in [0, 0.1) is 5.41 Å². The molecule has 1 aliphatic heterocycles. The monoisotopic (exact) mass is 433 g/mol. The van der Waals surface area contributed by atoms with Gasteiger partial charge in [-0.1, -0.05) is 27.7 Å². The lowest BCUT2D eigenvalue weighted by Crippen LogP contribution is -2.38. The summed E-state index contributed by atoms with van der Waals surface area (Å²) in [7, 11) is 0. The number of ether oxygens (including phenoxy) is 1. The number of Topliss-reactive ketones (excluding diaryl/α,β-unsaturated/α-hetero) is 1. The summed E-state index contributed by atoms with van der Waals surface area (Å²) in [6.45, 7) is 12.6. The van der Waals surface area contributed by atoms with Crippen LogP contribution in [0.4, 0.5) is 0 Å².